The van der Waals surface area contributed by atoms with Gasteiger partial charge in [0.25, 0.3) is 0 Å². The van der Waals surface area contributed by atoms with E-state index in [1.807, 2.05) is 24.3 Å². The van der Waals surface area contributed by atoms with E-state index in [9.17, 15) is 0 Å². The quantitative estimate of drug-likeness (QED) is 0.838. The van der Waals surface area contributed by atoms with Crippen LogP contribution in [-0.4, -0.2) is 23.5 Å². The molecule has 102 valence electrons. The fourth-order valence-corrected chi connectivity index (χ4v) is 2.55. The molecule has 0 fully saturated rings. The fraction of sp³-hybridized carbons (Fsp3) is 0.400. The van der Waals surface area contributed by atoms with Crippen molar-refractivity contribution in [3.8, 4) is 5.75 Å². The van der Waals surface area contributed by atoms with E-state index >= 15 is 0 Å². The van der Waals surface area contributed by atoms with Gasteiger partial charge in [0.05, 0.1) is 7.11 Å². The number of methoxy groups -OCH3 is 1. The SMILES string of the molecule is COc1cccc2c(NC(C)(C)CCCl)nccc12. The van der Waals surface area contributed by atoms with Gasteiger partial charge in [-0.15, -0.1) is 11.6 Å². The molecule has 0 amide bonds. The summed E-state index contributed by atoms with van der Waals surface area (Å²) in [5, 5.41) is 5.58. The molecule has 0 spiro atoms. The number of anilines is 1. The average Bonchev–Trinajstić information content (AvgIpc) is 2.38. The Labute approximate surface area is 118 Å². The van der Waals surface area contributed by atoms with E-state index in [1.54, 1.807) is 13.3 Å². The van der Waals surface area contributed by atoms with Crippen molar-refractivity contribution in [1.29, 1.82) is 0 Å². The predicted octanol–water partition coefficient (Wildman–Crippen LogP) is 4.06. The van der Waals surface area contributed by atoms with Crippen molar-refractivity contribution in [2.45, 2.75) is 25.8 Å². The third-order valence-corrected chi connectivity index (χ3v) is 3.35. The van der Waals surface area contributed by atoms with Gasteiger partial charge in [0, 0.05) is 28.4 Å². The Balaban J connectivity index is 2.44. The van der Waals surface area contributed by atoms with Crippen molar-refractivity contribution in [2.24, 2.45) is 0 Å². The van der Waals surface area contributed by atoms with E-state index in [0.29, 0.717) is 5.88 Å². The Morgan fingerprint density at radius 1 is 1.26 bits per heavy atom. The monoisotopic (exact) mass is 278 g/mol. The zero-order chi connectivity index (χ0) is 13.9. The maximum atomic E-state index is 5.84. The van der Waals surface area contributed by atoms with Crippen LogP contribution < -0.4 is 10.1 Å². The first-order valence-electron chi connectivity index (χ1n) is 6.33. The topological polar surface area (TPSA) is 34.1 Å². The third-order valence-electron chi connectivity index (χ3n) is 3.16. The molecule has 19 heavy (non-hydrogen) atoms. The van der Waals surface area contributed by atoms with Gasteiger partial charge < -0.3 is 10.1 Å². The lowest BCUT2D eigenvalue weighted by Gasteiger charge is -2.26. The molecule has 1 N–H and O–H groups in total. The summed E-state index contributed by atoms with van der Waals surface area (Å²) in [4.78, 5) is 4.44. The highest BCUT2D eigenvalue weighted by Crippen LogP contribution is 2.30. The molecule has 0 radical (unpaired) electrons. The minimum absolute atomic E-state index is 0.0912. The van der Waals surface area contributed by atoms with Gasteiger partial charge in [-0.1, -0.05) is 12.1 Å². The zero-order valence-corrected chi connectivity index (χ0v) is 12.3. The van der Waals surface area contributed by atoms with Crippen molar-refractivity contribution >= 4 is 28.2 Å². The lowest BCUT2D eigenvalue weighted by molar-refractivity contribution is 0.420. The van der Waals surface area contributed by atoms with Gasteiger partial charge in [-0.3, -0.25) is 0 Å². The van der Waals surface area contributed by atoms with Gasteiger partial charge in [0.1, 0.15) is 11.6 Å². The van der Waals surface area contributed by atoms with E-state index < -0.39 is 0 Å². The molecule has 0 bridgehead atoms. The van der Waals surface area contributed by atoms with E-state index in [2.05, 4.69) is 24.1 Å². The molecule has 0 unspecified atom stereocenters. The molecule has 0 aliphatic carbocycles. The van der Waals surface area contributed by atoms with Crippen molar-refractivity contribution in [2.75, 3.05) is 18.3 Å². The van der Waals surface area contributed by atoms with E-state index in [-0.39, 0.29) is 5.54 Å². The number of hydrogen-bond acceptors (Lipinski definition) is 3. The Kier molecular flexibility index (Phi) is 4.15. The number of alkyl halides is 1. The highest BCUT2D eigenvalue weighted by atomic mass is 35.5. The van der Waals surface area contributed by atoms with Crippen LogP contribution >= 0.6 is 11.6 Å². The van der Waals surface area contributed by atoms with Gasteiger partial charge in [0.2, 0.25) is 0 Å². The second-order valence-corrected chi connectivity index (χ2v) is 5.54. The molecular weight excluding hydrogens is 260 g/mol. The Hall–Kier alpha value is -1.48. The van der Waals surface area contributed by atoms with E-state index in [0.717, 1.165) is 28.8 Å². The molecule has 0 saturated carbocycles. The first kappa shape index (κ1) is 13.9. The number of hydrogen-bond donors (Lipinski definition) is 1. The zero-order valence-electron chi connectivity index (χ0n) is 11.5. The molecule has 0 atom stereocenters. The maximum absolute atomic E-state index is 5.84. The molecular formula is C15H19ClN2O. The lowest BCUT2D eigenvalue weighted by atomic mass is 10.0. The van der Waals surface area contributed by atoms with Crippen LogP contribution in [0.5, 0.6) is 5.75 Å². The van der Waals surface area contributed by atoms with Crippen LogP contribution in [0.3, 0.4) is 0 Å². The summed E-state index contributed by atoms with van der Waals surface area (Å²) in [6.45, 7) is 4.24. The fourth-order valence-electron chi connectivity index (χ4n) is 2.08. The first-order chi connectivity index (χ1) is 9.07. The number of ether oxygens (including phenoxy) is 1. The molecule has 3 nitrogen and oxygen atoms in total. The molecule has 1 heterocycles. The van der Waals surface area contributed by atoms with Gasteiger partial charge in [-0.2, -0.15) is 0 Å². The summed E-state index contributed by atoms with van der Waals surface area (Å²) in [6, 6.07) is 7.94. The maximum Gasteiger partial charge on any atom is 0.134 e. The smallest absolute Gasteiger partial charge is 0.134 e. The number of nitrogens with zero attached hydrogens (tertiary/aromatic N) is 1. The van der Waals surface area contributed by atoms with Gasteiger partial charge in [0.15, 0.2) is 0 Å². The number of nitrogens with one attached hydrogen (secondary N) is 1. The van der Waals surface area contributed by atoms with Gasteiger partial charge in [-0.05, 0) is 32.4 Å². The normalized spacial score (nSPS) is 11.6. The number of rotatable bonds is 5. The van der Waals surface area contributed by atoms with Gasteiger partial charge >= 0.3 is 0 Å². The molecule has 0 saturated heterocycles. The number of halogens is 1. The van der Waals surface area contributed by atoms with Crippen LogP contribution in [0.1, 0.15) is 20.3 Å². The van der Waals surface area contributed by atoms with Crippen molar-refractivity contribution in [3.63, 3.8) is 0 Å². The first-order valence-corrected chi connectivity index (χ1v) is 6.87. The molecule has 0 aliphatic heterocycles. The molecule has 4 heteroatoms. The second-order valence-electron chi connectivity index (χ2n) is 5.16. The largest absolute Gasteiger partial charge is 0.496 e. The van der Waals surface area contributed by atoms with Gasteiger partial charge in [-0.25, -0.2) is 4.98 Å². The lowest BCUT2D eigenvalue weighted by Crippen LogP contribution is -2.31. The number of aromatic nitrogens is 1. The number of fused-ring (bicyclic) bond motifs is 1. The third kappa shape index (κ3) is 3.10. The summed E-state index contributed by atoms with van der Waals surface area (Å²) in [7, 11) is 1.68. The van der Waals surface area contributed by atoms with Crippen molar-refractivity contribution in [3.05, 3.63) is 30.5 Å². The predicted molar refractivity (Wildman–Crippen MR) is 81.3 cm³/mol. The Morgan fingerprint density at radius 2 is 2.05 bits per heavy atom. The van der Waals surface area contributed by atoms with Crippen LogP contribution in [0, 0.1) is 0 Å². The summed E-state index contributed by atoms with van der Waals surface area (Å²) < 4.78 is 5.38. The number of benzene rings is 1. The molecule has 2 aromatic rings. The molecule has 1 aromatic heterocycles. The van der Waals surface area contributed by atoms with Crippen molar-refractivity contribution in [1.82, 2.24) is 4.98 Å². The Bertz CT molecular complexity index is 569. The summed E-state index contributed by atoms with van der Waals surface area (Å²) in [5.41, 5.74) is -0.0912. The minimum Gasteiger partial charge on any atom is -0.496 e. The van der Waals surface area contributed by atoms with Crippen LogP contribution in [0.25, 0.3) is 10.8 Å². The van der Waals surface area contributed by atoms with Crippen LogP contribution in [0.2, 0.25) is 0 Å². The van der Waals surface area contributed by atoms with Crippen LogP contribution in [0.4, 0.5) is 5.82 Å². The number of pyridine rings is 1. The molecule has 2 rings (SSSR count). The standard InChI is InChI=1S/C15H19ClN2O/c1-15(2,8-9-16)18-14-12-5-4-6-13(19-3)11(12)7-10-17-14/h4-7,10H,8-9H2,1-3H3,(H,17,18). The highest BCUT2D eigenvalue weighted by Gasteiger charge is 2.18. The van der Waals surface area contributed by atoms with E-state index in [1.165, 1.54) is 0 Å². The molecule has 1 aromatic carbocycles. The second kappa shape index (κ2) is 5.66. The van der Waals surface area contributed by atoms with Crippen LogP contribution in [0.15, 0.2) is 30.5 Å². The highest BCUT2D eigenvalue weighted by molar-refractivity contribution is 6.17. The van der Waals surface area contributed by atoms with Crippen LogP contribution in [-0.2, 0) is 0 Å². The average molecular weight is 279 g/mol. The Morgan fingerprint density at radius 3 is 2.74 bits per heavy atom. The summed E-state index contributed by atoms with van der Waals surface area (Å²) in [6.07, 6.45) is 2.67. The molecule has 0 aliphatic rings. The van der Waals surface area contributed by atoms with Crippen molar-refractivity contribution < 1.29 is 4.74 Å². The van der Waals surface area contributed by atoms with E-state index in [4.69, 9.17) is 16.3 Å². The minimum atomic E-state index is -0.0912. The summed E-state index contributed by atoms with van der Waals surface area (Å²) >= 11 is 5.84. The summed E-state index contributed by atoms with van der Waals surface area (Å²) in [5.74, 6) is 2.35.